The monoisotopic (exact) mass is 564 g/mol. The molecule has 2 saturated carbocycles. The zero-order valence-electron chi connectivity index (χ0n) is 24.1. The third kappa shape index (κ3) is 4.96. The molecule has 4 atom stereocenters. The third-order valence-corrected chi connectivity index (χ3v) is 9.20. The first-order chi connectivity index (χ1) is 19.8. The molecule has 1 aromatic rings. The van der Waals surface area contributed by atoms with E-state index in [0.29, 0.717) is 37.3 Å². The molecule has 2 N–H and O–H groups in total. The Labute approximate surface area is 240 Å². The van der Waals surface area contributed by atoms with Crippen LogP contribution < -0.4 is 10.6 Å². The molecule has 2 aliphatic heterocycles. The quantitative estimate of drug-likeness (QED) is 0.332. The zero-order valence-corrected chi connectivity index (χ0v) is 24.1. The number of likely N-dealkylation sites (tertiary alicyclic amines) is 1. The van der Waals surface area contributed by atoms with E-state index in [1.54, 1.807) is 6.92 Å². The van der Waals surface area contributed by atoms with E-state index >= 15 is 0 Å². The Morgan fingerprint density at radius 2 is 1.76 bits per heavy atom. The molecule has 5 rings (SSSR count). The van der Waals surface area contributed by atoms with Crippen LogP contribution in [-0.2, 0) is 30.3 Å². The molecular weight excluding hydrogens is 524 g/mol. The largest absolute Gasteiger partial charge is 0.383 e. The molecule has 4 aliphatic rings. The van der Waals surface area contributed by atoms with Crippen LogP contribution in [0.3, 0.4) is 0 Å². The molecule has 0 aromatic heterocycles. The van der Waals surface area contributed by atoms with E-state index in [-0.39, 0.29) is 37.9 Å². The van der Waals surface area contributed by atoms with Crippen molar-refractivity contribution in [1.82, 2.24) is 20.4 Å². The maximum Gasteiger partial charge on any atom is 0.325 e. The van der Waals surface area contributed by atoms with Gasteiger partial charge < -0.3 is 15.4 Å². The Bertz CT molecular complexity index is 1260. The molecule has 0 unspecified atom stereocenters. The van der Waals surface area contributed by atoms with Gasteiger partial charge in [0.15, 0.2) is 0 Å². The van der Waals surface area contributed by atoms with Gasteiger partial charge in [0, 0.05) is 44.7 Å². The van der Waals surface area contributed by atoms with Gasteiger partial charge in [0.2, 0.25) is 17.7 Å². The van der Waals surface area contributed by atoms with Crippen LogP contribution in [0.25, 0.3) is 0 Å². The number of urea groups is 1. The van der Waals surface area contributed by atoms with Crippen LogP contribution in [0.1, 0.15) is 51.5 Å². The molecule has 6 amide bonds. The summed E-state index contributed by atoms with van der Waals surface area (Å²) in [5.41, 5.74) is 0.157. The standard InChI is InChI=1S/C31H40N4O6/c1-4-21-22-13-14-23-24(28(38)34(5-2)26(23)36)25(22)31(29(39)32-15-16-41-3,17-19-9-7-6-8-10-19)35(27(21)37)30(40)33-18-20-11-12-20/h6-10,20,23-25H,4-5,11-18H2,1-3H3,(H,32,39)(H,33,40)/t23-,24-,25+,31+/m1/s1. The number of hydrogen-bond acceptors (Lipinski definition) is 6. The fourth-order valence-corrected chi connectivity index (χ4v) is 7.13. The molecule has 2 heterocycles. The first-order valence-corrected chi connectivity index (χ1v) is 14.8. The van der Waals surface area contributed by atoms with Crippen molar-refractivity contribution in [2.24, 2.45) is 23.7 Å². The first-order valence-electron chi connectivity index (χ1n) is 14.8. The number of fused-ring (bicyclic) bond motifs is 3. The molecule has 3 fully saturated rings. The summed E-state index contributed by atoms with van der Waals surface area (Å²) in [4.78, 5) is 72.8. The Morgan fingerprint density at radius 3 is 2.39 bits per heavy atom. The number of nitrogens with one attached hydrogen (secondary N) is 2. The summed E-state index contributed by atoms with van der Waals surface area (Å²) >= 11 is 0. The number of nitrogens with zero attached hydrogens (tertiary/aromatic N) is 2. The first kappa shape index (κ1) is 29.0. The lowest BCUT2D eigenvalue weighted by molar-refractivity contribution is -0.151. The van der Waals surface area contributed by atoms with Crippen molar-refractivity contribution >= 4 is 29.7 Å². The fourth-order valence-electron chi connectivity index (χ4n) is 7.13. The highest BCUT2D eigenvalue weighted by Crippen LogP contribution is 2.55. The Morgan fingerprint density at radius 1 is 1.02 bits per heavy atom. The van der Waals surface area contributed by atoms with Crippen molar-refractivity contribution in [3.05, 3.63) is 47.0 Å². The van der Waals surface area contributed by atoms with Gasteiger partial charge in [0.05, 0.1) is 18.4 Å². The van der Waals surface area contributed by atoms with Gasteiger partial charge in [-0.2, -0.15) is 0 Å². The second-order valence-corrected chi connectivity index (χ2v) is 11.5. The van der Waals surface area contributed by atoms with Crippen LogP contribution >= 0.6 is 0 Å². The molecule has 220 valence electrons. The lowest BCUT2D eigenvalue weighted by Gasteiger charge is -2.54. The van der Waals surface area contributed by atoms with Gasteiger partial charge in [0.1, 0.15) is 5.54 Å². The summed E-state index contributed by atoms with van der Waals surface area (Å²) in [5, 5.41) is 5.85. The van der Waals surface area contributed by atoms with Crippen molar-refractivity contribution in [2.75, 3.05) is 33.4 Å². The molecule has 1 aromatic carbocycles. The number of rotatable bonds is 10. The Kier molecular flexibility index (Phi) is 8.31. The number of imide groups is 2. The van der Waals surface area contributed by atoms with Crippen molar-refractivity contribution in [1.29, 1.82) is 0 Å². The average molecular weight is 565 g/mol. The van der Waals surface area contributed by atoms with E-state index in [4.69, 9.17) is 4.74 Å². The third-order valence-electron chi connectivity index (χ3n) is 9.20. The normalized spacial score (nSPS) is 27.6. The van der Waals surface area contributed by atoms with Gasteiger partial charge in [-0.3, -0.25) is 24.1 Å². The molecule has 0 bridgehead atoms. The number of carbonyl (C=O) groups is 5. The zero-order chi connectivity index (χ0) is 29.3. The average Bonchev–Trinajstić information content (AvgIpc) is 3.77. The Hall–Kier alpha value is -3.53. The van der Waals surface area contributed by atoms with E-state index in [2.05, 4.69) is 10.6 Å². The summed E-state index contributed by atoms with van der Waals surface area (Å²) in [7, 11) is 1.52. The van der Waals surface area contributed by atoms with Gasteiger partial charge in [-0.05, 0) is 50.5 Å². The van der Waals surface area contributed by atoms with Crippen LogP contribution in [0.4, 0.5) is 4.79 Å². The second kappa shape index (κ2) is 11.8. The van der Waals surface area contributed by atoms with Crippen molar-refractivity contribution in [3.8, 4) is 0 Å². The van der Waals surface area contributed by atoms with E-state index < -0.39 is 41.1 Å². The van der Waals surface area contributed by atoms with Crippen molar-refractivity contribution < 1.29 is 28.7 Å². The minimum atomic E-state index is -1.77. The minimum Gasteiger partial charge on any atom is -0.383 e. The van der Waals surface area contributed by atoms with Crippen LogP contribution in [0.5, 0.6) is 0 Å². The molecule has 0 radical (unpaired) electrons. The fraction of sp³-hybridized carbons (Fsp3) is 0.581. The summed E-state index contributed by atoms with van der Waals surface area (Å²) in [5.74, 6) is -3.56. The van der Waals surface area contributed by atoms with Gasteiger partial charge in [-0.25, -0.2) is 9.69 Å². The van der Waals surface area contributed by atoms with Crippen LogP contribution in [0, 0.1) is 23.7 Å². The van der Waals surface area contributed by atoms with E-state index in [1.165, 1.54) is 12.0 Å². The predicted molar refractivity (Wildman–Crippen MR) is 150 cm³/mol. The highest BCUT2D eigenvalue weighted by atomic mass is 16.5. The predicted octanol–water partition coefficient (Wildman–Crippen LogP) is 2.43. The number of amides is 6. The van der Waals surface area contributed by atoms with Crippen LogP contribution in [-0.4, -0.2) is 78.3 Å². The van der Waals surface area contributed by atoms with Crippen molar-refractivity contribution in [2.45, 2.75) is 57.9 Å². The molecule has 10 nitrogen and oxygen atoms in total. The maximum atomic E-state index is 14.6. The smallest absolute Gasteiger partial charge is 0.325 e. The molecule has 41 heavy (non-hydrogen) atoms. The molecule has 1 saturated heterocycles. The van der Waals surface area contributed by atoms with E-state index in [0.717, 1.165) is 28.9 Å². The van der Waals surface area contributed by atoms with E-state index in [1.807, 2.05) is 37.3 Å². The highest BCUT2D eigenvalue weighted by molar-refractivity contribution is 6.12. The highest BCUT2D eigenvalue weighted by Gasteiger charge is 2.67. The second-order valence-electron chi connectivity index (χ2n) is 11.5. The minimum absolute atomic E-state index is 0.0111. The lowest BCUT2D eigenvalue weighted by atomic mass is 9.57. The topological polar surface area (TPSA) is 125 Å². The van der Waals surface area contributed by atoms with Crippen LogP contribution in [0.2, 0.25) is 0 Å². The number of benzene rings is 1. The summed E-state index contributed by atoms with van der Waals surface area (Å²) in [6, 6.07) is 8.61. The molecule has 2 aliphatic carbocycles. The Balaban J connectivity index is 1.74. The summed E-state index contributed by atoms with van der Waals surface area (Å²) < 4.78 is 5.18. The summed E-state index contributed by atoms with van der Waals surface area (Å²) in [6.45, 7) is 4.64. The van der Waals surface area contributed by atoms with Gasteiger partial charge in [-0.15, -0.1) is 0 Å². The van der Waals surface area contributed by atoms with E-state index in [9.17, 15) is 24.0 Å². The van der Waals surface area contributed by atoms with Crippen molar-refractivity contribution in [3.63, 3.8) is 0 Å². The van der Waals surface area contributed by atoms with Crippen LogP contribution in [0.15, 0.2) is 41.5 Å². The van der Waals surface area contributed by atoms with Gasteiger partial charge >= 0.3 is 6.03 Å². The number of ether oxygens (including phenoxy) is 1. The molecule has 10 heteroatoms. The number of carbonyl (C=O) groups excluding carboxylic acids is 5. The number of methoxy groups -OCH3 is 1. The summed E-state index contributed by atoms with van der Waals surface area (Å²) in [6.07, 6.45) is 3.20. The lowest BCUT2D eigenvalue weighted by Crippen LogP contribution is -2.73. The van der Waals surface area contributed by atoms with Gasteiger partial charge in [-0.1, -0.05) is 42.8 Å². The molecular formula is C31H40N4O6. The molecule has 0 spiro atoms. The number of hydrogen-bond donors (Lipinski definition) is 2. The SMILES string of the molecule is CCC1=C2CC[C@H]3C(=O)N(CC)C(=O)[C@H]3[C@H]2[C@@](Cc2ccccc2)(C(=O)NCCOC)N(C(=O)NCC2CC2)C1=O. The van der Waals surface area contributed by atoms with Gasteiger partial charge in [0.25, 0.3) is 5.91 Å². The maximum absolute atomic E-state index is 14.6.